The first-order valence-electron chi connectivity index (χ1n) is 8.48. The Morgan fingerprint density at radius 2 is 1.76 bits per heavy atom. The molecular weight excluding hydrogens is 314 g/mol. The van der Waals surface area contributed by atoms with E-state index in [2.05, 4.69) is 11.0 Å². The molecule has 25 heavy (non-hydrogen) atoms. The number of aryl methyl sites for hydroxylation is 1. The van der Waals surface area contributed by atoms with Crippen LogP contribution in [0.2, 0.25) is 0 Å². The molecule has 1 aliphatic rings. The van der Waals surface area contributed by atoms with Gasteiger partial charge in [0, 0.05) is 31.7 Å². The Balaban J connectivity index is 1.73. The quantitative estimate of drug-likeness (QED) is 0.746. The molecule has 2 aromatic carbocycles. The summed E-state index contributed by atoms with van der Waals surface area (Å²) in [5, 5.41) is 11.5. The van der Waals surface area contributed by atoms with Gasteiger partial charge in [0.25, 0.3) is 0 Å². The topological polar surface area (TPSA) is 50.0 Å². The van der Waals surface area contributed by atoms with Gasteiger partial charge in [-0.3, -0.25) is 4.99 Å². The second kappa shape index (κ2) is 6.61. The minimum Gasteiger partial charge on any atom is -0.494 e. The van der Waals surface area contributed by atoms with Gasteiger partial charge in [-0.25, -0.2) is 0 Å². The highest BCUT2D eigenvalue weighted by molar-refractivity contribution is 6.03. The minimum atomic E-state index is 0.230. The lowest BCUT2D eigenvalue weighted by Crippen LogP contribution is -2.36. The number of benzene rings is 2. The molecule has 1 fully saturated rings. The fraction of sp³-hybridized carbons (Fsp3) is 0.250. The first-order chi connectivity index (χ1) is 12.3. The van der Waals surface area contributed by atoms with Crippen LogP contribution in [0.15, 0.2) is 53.5 Å². The highest BCUT2D eigenvalue weighted by atomic mass is 16.5. The number of nitrogens with zero attached hydrogens (tertiary/aromatic N) is 3. The fourth-order valence-electron chi connectivity index (χ4n) is 3.32. The molecule has 1 aromatic heterocycles. The van der Waals surface area contributed by atoms with Crippen molar-refractivity contribution < 1.29 is 9.84 Å². The largest absolute Gasteiger partial charge is 0.494 e. The molecule has 128 valence electrons. The molecular formula is C20H21N3O2. The van der Waals surface area contributed by atoms with Gasteiger partial charge in [-0.2, -0.15) is 0 Å². The normalized spacial score (nSPS) is 15.3. The number of rotatable bonds is 3. The molecule has 5 heteroatoms. The van der Waals surface area contributed by atoms with Gasteiger partial charge in [-0.1, -0.05) is 30.3 Å². The maximum absolute atomic E-state index is 10.5. The summed E-state index contributed by atoms with van der Waals surface area (Å²) in [5.41, 5.74) is 3.73. The number of fused-ring (bicyclic) bond motifs is 1. The zero-order valence-electron chi connectivity index (χ0n) is 14.2. The van der Waals surface area contributed by atoms with E-state index in [1.54, 1.807) is 10.8 Å². The van der Waals surface area contributed by atoms with Crippen LogP contribution in [0.1, 0.15) is 5.56 Å². The summed E-state index contributed by atoms with van der Waals surface area (Å²) in [7, 11) is 1.86. The van der Waals surface area contributed by atoms with Crippen LogP contribution >= 0.6 is 0 Å². The second-order valence-electron chi connectivity index (χ2n) is 6.16. The van der Waals surface area contributed by atoms with Gasteiger partial charge in [0.2, 0.25) is 5.88 Å². The second-order valence-corrected chi connectivity index (χ2v) is 6.16. The lowest BCUT2D eigenvalue weighted by Gasteiger charge is -2.29. The molecule has 0 atom stereocenters. The molecule has 2 heterocycles. The predicted octanol–water partition coefficient (Wildman–Crippen LogP) is 3.47. The Labute approximate surface area is 146 Å². The van der Waals surface area contributed by atoms with Crippen LogP contribution in [0.25, 0.3) is 10.9 Å². The van der Waals surface area contributed by atoms with E-state index in [0.29, 0.717) is 0 Å². The smallest absolute Gasteiger partial charge is 0.200 e. The van der Waals surface area contributed by atoms with Crippen LogP contribution in [0.4, 0.5) is 11.4 Å². The molecule has 0 amide bonds. The third kappa shape index (κ3) is 2.87. The van der Waals surface area contributed by atoms with Gasteiger partial charge in [-0.05, 0) is 18.2 Å². The van der Waals surface area contributed by atoms with Gasteiger partial charge in [0.1, 0.15) is 0 Å². The summed E-state index contributed by atoms with van der Waals surface area (Å²) in [6.07, 6.45) is 1.76. The van der Waals surface area contributed by atoms with Gasteiger partial charge >= 0.3 is 0 Å². The SMILES string of the molecule is Cn1c(O)c(C=Nc2ccccc2N2CCOCC2)c2ccccc21. The number of hydrogen-bond acceptors (Lipinski definition) is 4. The molecule has 0 bridgehead atoms. The lowest BCUT2D eigenvalue weighted by molar-refractivity contribution is 0.123. The first-order valence-corrected chi connectivity index (χ1v) is 8.48. The third-order valence-corrected chi connectivity index (χ3v) is 4.68. The summed E-state index contributed by atoms with van der Waals surface area (Å²) in [4.78, 5) is 6.99. The molecule has 1 saturated heterocycles. The molecule has 0 unspecified atom stereocenters. The van der Waals surface area contributed by atoms with E-state index in [-0.39, 0.29) is 5.88 Å². The van der Waals surface area contributed by atoms with Gasteiger partial charge in [0.05, 0.1) is 35.7 Å². The van der Waals surface area contributed by atoms with Gasteiger partial charge in [0.15, 0.2) is 0 Å². The van der Waals surface area contributed by atoms with Crippen LogP contribution in [-0.4, -0.2) is 42.2 Å². The molecule has 5 nitrogen and oxygen atoms in total. The number of morpholine rings is 1. The molecule has 3 aromatic rings. The summed E-state index contributed by atoms with van der Waals surface area (Å²) in [6.45, 7) is 3.21. The van der Waals surface area contributed by atoms with Crippen molar-refractivity contribution in [3.63, 3.8) is 0 Å². The minimum absolute atomic E-state index is 0.230. The molecule has 0 spiro atoms. The van der Waals surface area contributed by atoms with E-state index in [1.165, 1.54) is 0 Å². The Morgan fingerprint density at radius 3 is 2.60 bits per heavy atom. The summed E-state index contributed by atoms with van der Waals surface area (Å²) < 4.78 is 7.22. The van der Waals surface area contributed by atoms with E-state index in [4.69, 9.17) is 9.73 Å². The number of anilines is 1. The van der Waals surface area contributed by atoms with Crippen molar-refractivity contribution in [2.45, 2.75) is 0 Å². The number of aliphatic imine (C=N–C) groups is 1. The average Bonchev–Trinajstić information content (AvgIpc) is 2.92. The molecule has 1 aliphatic heterocycles. The highest BCUT2D eigenvalue weighted by Gasteiger charge is 2.15. The molecule has 4 rings (SSSR count). The highest BCUT2D eigenvalue weighted by Crippen LogP contribution is 2.32. The van der Waals surface area contributed by atoms with Gasteiger partial charge in [-0.15, -0.1) is 0 Å². The van der Waals surface area contributed by atoms with Crippen molar-refractivity contribution >= 4 is 28.5 Å². The van der Waals surface area contributed by atoms with Crippen molar-refractivity contribution in [3.05, 3.63) is 54.1 Å². The molecule has 0 radical (unpaired) electrons. The molecule has 0 aliphatic carbocycles. The van der Waals surface area contributed by atoms with Crippen molar-refractivity contribution in [1.29, 1.82) is 0 Å². The monoisotopic (exact) mass is 335 g/mol. The van der Waals surface area contributed by atoms with Gasteiger partial charge < -0.3 is 19.3 Å². The molecule has 1 N–H and O–H groups in total. The average molecular weight is 335 g/mol. The Hall–Kier alpha value is -2.79. The molecule has 0 saturated carbocycles. The number of aromatic hydroxyl groups is 1. The van der Waals surface area contributed by atoms with Crippen molar-refractivity contribution in [2.24, 2.45) is 12.0 Å². The Bertz CT molecular complexity index is 924. The van der Waals surface area contributed by atoms with E-state index in [9.17, 15) is 5.11 Å². The predicted molar refractivity (Wildman–Crippen MR) is 101 cm³/mol. The number of ether oxygens (including phenoxy) is 1. The number of para-hydroxylation sites is 3. The van der Waals surface area contributed by atoms with Crippen LogP contribution in [0, 0.1) is 0 Å². The third-order valence-electron chi connectivity index (χ3n) is 4.68. The first kappa shape index (κ1) is 15.7. The van der Waals surface area contributed by atoms with Crippen LogP contribution in [0.5, 0.6) is 5.88 Å². The van der Waals surface area contributed by atoms with E-state index >= 15 is 0 Å². The number of aromatic nitrogens is 1. The number of hydrogen-bond donors (Lipinski definition) is 1. The zero-order chi connectivity index (χ0) is 17.2. The summed E-state index contributed by atoms with van der Waals surface area (Å²) >= 11 is 0. The Morgan fingerprint density at radius 1 is 1.04 bits per heavy atom. The van der Waals surface area contributed by atoms with Crippen LogP contribution in [-0.2, 0) is 11.8 Å². The van der Waals surface area contributed by atoms with E-state index < -0.39 is 0 Å². The fourth-order valence-corrected chi connectivity index (χ4v) is 3.32. The van der Waals surface area contributed by atoms with E-state index in [0.717, 1.165) is 54.1 Å². The summed E-state index contributed by atoms with van der Waals surface area (Å²) in [5.74, 6) is 0.230. The standard InChI is InChI=1S/C20H21N3O2/c1-22-18-8-4-2-6-15(18)16(20(22)24)14-21-17-7-3-5-9-19(17)23-10-12-25-13-11-23/h2-9,14,24H,10-13H2,1H3. The van der Waals surface area contributed by atoms with Crippen molar-refractivity contribution in [1.82, 2.24) is 4.57 Å². The van der Waals surface area contributed by atoms with Crippen molar-refractivity contribution in [2.75, 3.05) is 31.2 Å². The zero-order valence-corrected chi connectivity index (χ0v) is 14.2. The van der Waals surface area contributed by atoms with Crippen molar-refractivity contribution in [3.8, 4) is 5.88 Å². The summed E-state index contributed by atoms with van der Waals surface area (Å²) in [6, 6.07) is 16.0. The van der Waals surface area contributed by atoms with E-state index in [1.807, 2.05) is 49.5 Å². The lowest BCUT2D eigenvalue weighted by atomic mass is 10.2. The Kier molecular flexibility index (Phi) is 4.15. The maximum Gasteiger partial charge on any atom is 0.200 e. The van der Waals surface area contributed by atoms with Crippen LogP contribution < -0.4 is 4.90 Å². The van der Waals surface area contributed by atoms with Crippen LogP contribution in [0.3, 0.4) is 0 Å². The maximum atomic E-state index is 10.5.